The van der Waals surface area contributed by atoms with Gasteiger partial charge in [-0.1, -0.05) is 86.1 Å². The fourth-order valence-electron chi connectivity index (χ4n) is 4.00. The van der Waals surface area contributed by atoms with Crippen molar-refractivity contribution in [2.24, 2.45) is 0 Å². The van der Waals surface area contributed by atoms with E-state index in [0.29, 0.717) is 25.2 Å². The molecule has 1 aromatic heterocycles. The van der Waals surface area contributed by atoms with Crippen molar-refractivity contribution in [2.45, 2.75) is 38.6 Å². The minimum absolute atomic E-state index is 0.00902. The Morgan fingerprint density at radius 3 is 2.19 bits per heavy atom. The molecule has 0 aliphatic heterocycles. The summed E-state index contributed by atoms with van der Waals surface area (Å²) in [7, 11) is 0. The lowest BCUT2D eigenvalue weighted by molar-refractivity contribution is -0.121. The lowest BCUT2D eigenvalue weighted by Gasteiger charge is -2.23. The van der Waals surface area contributed by atoms with E-state index in [2.05, 4.69) is 21.5 Å². The third-order valence-electron chi connectivity index (χ3n) is 5.96. The lowest BCUT2D eigenvalue weighted by atomic mass is 9.98. The van der Waals surface area contributed by atoms with Crippen molar-refractivity contribution >= 4 is 22.6 Å². The molecule has 0 radical (unpaired) electrons. The van der Waals surface area contributed by atoms with Crippen LogP contribution in [0.2, 0.25) is 0 Å². The van der Waals surface area contributed by atoms with Crippen LogP contribution >= 0.6 is 11.5 Å². The van der Waals surface area contributed by atoms with Crippen LogP contribution in [-0.2, 0) is 11.2 Å². The first kappa shape index (κ1) is 25.5. The monoisotopic (exact) mass is 502 g/mol. The highest BCUT2D eigenvalue weighted by Crippen LogP contribution is 2.23. The molecular formula is C29H31FN4OS. The van der Waals surface area contributed by atoms with Gasteiger partial charge in [-0.2, -0.15) is 4.37 Å². The fraction of sp³-hybridized carbons (Fsp3) is 0.276. The van der Waals surface area contributed by atoms with E-state index in [4.69, 9.17) is 4.98 Å². The van der Waals surface area contributed by atoms with Gasteiger partial charge in [-0.05, 0) is 35.2 Å². The molecule has 3 aromatic carbocycles. The molecule has 36 heavy (non-hydrogen) atoms. The molecule has 0 saturated carbocycles. The zero-order valence-corrected chi connectivity index (χ0v) is 21.3. The first-order valence-electron chi connectivity index (χ1n) is 12.3. The number of halogens is 1. The van der Waals surface area contributed by atoms with Crippen molar-refractivity contribution in [3.63, 3.8) is 0 Å². The summed E-state index contributed by atoms with van der Waals surface area (Å²) in [4.78, 5) is 20.0. The van der Waals surface area contributed by atoms with Crippen molar-refractivity contribution in [1.82, 2.24) is 14.7 Å². The van der Waals surface area contributed by atoms with Gasteiger partial charge in [0.2, 0.25) is 11.0 Å². The van der Waals surface area contributed by atoms with E-state index < -0.39 is 0 Å². The molecule has 0 aliphatic carbocycles. The molecule has 0 unspecified atom stereocenters. The Labute approximate surface area is 216 Å². The molecule has 4 rings (SSSR count). The second-order valence-corrected chi connectivity index (χ2v) is 9.44. The van der Waals surface area contributed by atoms with Gasteiger partial charge >= 0.3 is 0 Å². The van der Waals surface area contributed by atoms with Crippen molar-refractivity contribution in [1.29, 1.82) is 0 Å². The van der Waals surface area contributed by atoms with Gasteiger partial charge in [-0.3, -0.25) is 4.79 Å². The Morgan fingerprint density at radius 2 is 1.58 bits per heavy atom. The van der Waals surface area contributed by atoms with Gasteiger partial charge in [0.25, 0.3) is 0 Å². The summed E-state index contributed by atoms with van der Waals surface area (Å²) < 4.78 is 17.7. The molecule has 0 fully saturated rings. The summed E-state index contributed by atoms with van der Waals surface area (Å²) in [5.41, 5.74) is 3.07. The number of carbonyl (C=O) groups excluding carboxylic acids is 1. The summed E-state index contributed by atoms with van der Waals surface area (Å²) >= 11 is 1.35. The average molecular weight is 503 g/mol. The van der Waals surface area contributed by atoms with Gasteiger partial charge in [0.1, 0.15) is 11.6 Å². The second kappa shape index (κ2) is 12.9. The van der Waals surface area contributed by atoms with Gasteiger partial charge in [-0.15, -0.1) is 0 Å². The Balaban J connectivity index is 1.41. The third-order valence-corrected chi connectivity index (χ3v) is 6.78. The minimum atomic E-state index is -0.253. The van der Waals surface area contributed by atoms with Crippen LogP contribution in [0.25, 0.3) is 0 Å². The van der Waals surface area contributed by atoms with Gasteiger partial charge in [0.15, 0.2) is 0 Å². The van der Waals surface area contributed by atoms with Gasteiger partial charge in [-0.25, -0.2) is 9.37 Å². The molecule has 186 valence electrons. The molecule has 0 atom stereocenters. The summed E-state index contributed by atoms with van der Waals surface area (Å²) in [6, 6.07) is 26.3. The largest absolute Gasteiger partial charge is 0.346 e. The number of nitrogens with zero attached hydrogens (tertiary/aromatic N) is 3. The predicted molar refractivity (Wildman–Crippen MR) is 144 cm³/mol. The van der Waals surface area contributed by atoms with E-state index in [0.717, 1.165) is 41.2 Å². The minimum Gasteiger partial charge on any atom is -0.346 e. The quantitative estimate of drug-likeness (QED) is 0.252. The van der Waals surface area contributed by atoms with Crippen LogP contribution < -0.4 is 10.2 Å². The molecule has 1 heterocycles. The third kappa shape index (κ3) is 7.21. The Bertz CT molecular complexity index is 1180. The molecule has 0 saturated heterocycles. The predicted octanol–water partition coefficient (Wildman–Crippen LogP) is 6.17. The molecule has 1 amide bonds. The normalized spacial score (nSPS) is 11.0. The number of unbranched alkanes of at least 4 members (excludes halogenated alkanes) is 1. The van der Waals surface area contributed by atoms with E-state index in [9.17, 15) is 9.18 Å². The smallest absolute Gasteiger partial charge is 0.222 e. The van der Waals surface area contributed by atoms with Crippen LogP contribution in [0.3, 0.4) is 0 Å². The zero-order valence-electron chi connectivity index (χ0n) is 20.4. The average Bonchev–Trinajstić information content (AvgIpc) is 3.38. The summed E-state index contributed by atoms with van der Waals surface area (Å²) in [5.74, 6) is 0.447. The van der Waals surface area contributed by atoms with Crippen LogP contribution in [0, 0.1) is 5.82 Å². The van der Waals surface area contributed by atoms with Gasteiger partial charge in [0, 0.05) is 37.5 Å². The number of benzene rings is 3. The molecule has 5 nitrogen and oxygen atoms in total. The zero-order chi connectivity index (χ0) is 25.2. The molecule has 0 aliphatic rings. The van der Waals surface area contributed by atoms with Gasteiger partial charge in [0.05, 0.1) is 6.04 Å². The van der Waals surface area contributed by atoms with E-state index >= 15 is 0 Å². The van der Waals surface area contributed by atoms with E-state index in [1.165, 1.54) is 23.7 Å². The fourth-order valence-corrected chi connectivity index (χ4v) is 4.74. The number of nitrogens with one attached hydrogen (secondary N) is 1. The first-order valence-corrected chi connectivity index (χ1v) is 13.1. The highest BCUT2D eigenvalue weighted by atomic mass is 32.1. The van der Waals surface area contributed by atoms with Crippen molar-refractivity contribution in [2.75, 3.05) is 18.0 Å². The number of anilines is 1. The molecule has 1 N–H and O–H groups in total. The van der Waals surface area contributed by atoms with Crippen molar-refractivity contribution in [3.8, 4) is 0 Å². The highest BCUT2D eigenvalue weighted by molar-refractivity contribution is 7.09. The Morgan fingerprint density at radius 1 is 0.944 bits per heavy atom. The summed E-state index contributed by atoms with van der Waals surface area (Å²) in [5, 5.41) is 4.04. The number of carbonyl (C=O) groups is 1. The molecule has 7 heteroatoms. The molecule has 4 aromatic rings. The maximum Gasteiger partial charge on any atom is 0.222 e. The highest BCUT2D eigenvalue weighted by Gasteiger charge is 2.19. The van der Waals surface area contributed by atoms with Gasteiger partial charge < -0.3 is 10.2 Å². The Hall–Kier alpha value is -3.58. The van der Waals surface area contributed by atoms with Crippen LogP contribution in [0.15, 0.2) is 84.9 Å². The van der Waals surface area contributed by atoms with Crippen LogP contribution in [0.4, 0.5) is 9.52 Å². The van der Waals surface area contributed by atoms with Crippen molar-refractivity contribution < 1.29 is 9.18 Å². The van der Waals surface area contributed by atoms with Crippen molar-refractivity contribution in [3.05, 3.63) is 113 Å². The topological polar surface area (TPSA) is 58.1 Å². The maximum absolute atomic E-state index is 13.2. The van der Waals surface area contributed by atoms with Crippen LogP contribution in [-0.4, -0.2) is 28.4 Å². The standard InChI is InChI=1S/C29H31FN4OS/c1-2-3-19-34(29-31-26(33-36-29)21-22-14-16-25(30)17-15-22)20-18-27(35)32-28(23-10-6-4-7-11-23)24-12-8-5-9-13-24/h4-17,28H,2-3,18-21H2,1H3,(H,32,35). The number of hydrogen-bond donors (Lipinski definition) is 1. The summed E-state index contributed by atoms with van der Waals surface area (Å²) in [6.45, 7) is 3.53. The lowest BCUT2D eigenvalue weighted by Crippen LogP contribution is -2.34. The number of aromatic nitrogens is 2. The van der Waals surface area contributed by atoms with E-state index in [-0.39, 0.29) is 17.8 Å². The number of rotatable bonds is 12. The first-order chi connectivity index (χ1) is 17.6. The molecular weight excluding hydrogens is 471 g/mol. The number of amides is 1. The van der Waals surface area contributed by atoms with E-state index in [1.807, 2.05) is 60.7 Å². The Kier molecular flexibility index (Phi) is 9.16. The SMILES string of the molecule is CCCCN(CCC(=O)NC(c1ccccc1)c1ccccc1)c1nc(Cc2ccc(F)cc2)ns1. The molecule has 0 spiro atoms. The van der Waals surface area contributed by atoms with E-state index in [1.54, 1.807) is 12.1 Å². The van der Waals surface area contributed by atoms with Crippen LogP contribution in [0.5, 0.6) is 0 Å². The number of hydrogen-bond acceptors (Lipinski definition) is 5. The van der Waals surface area contributed by atoms with Crippen LogP contribution in [0.1, 0.15) is 54.7 Å². The second-order valence-electron chi connectivity index (χ2n) is 8.71. The summed E-state index contributed by atoms with van der Waals surface area (Å²) in [6.07, 6.45) is 2.96. The maximum atomic E-state index is 13.2. The molecule has 0 bridgehead atoms.